The molecular weight excluding hydrogens is 375 g/mol. The van der Waals surface area contributed by atoms with E-state index >= 15 is 0 Å². The number of halogens is 1. The first-order chi connectivity index (χ1) is 14.1. The summed E-state index contributed by atoms with van der Waals surface area (Å²) in [6.07, 6.45) is 0.854. The lowest BCUT2D eigenvalue weighted by atomic mass is 10.2. The summed E-state index contributed by atoms with van der Waals surface area (Å²) in [5.41, 5.74) is 1.71. The van der Waals surface area contributed by atoms with Crippen LogP contribution >= 0.6 is 0 Å². The minimum absolute atomic E-state index is 0.0328. The molecule has 0 radical (unpaired) electrons. The lowest BCUT2D eigenvalue weighted by molar-refractivity contribution is -0.122. The van der Waals surface area contributed by atoms with Gasteiger partial charge in [0, 0.05) is 31.2 Å². The summed E-state index contributed by atoms with van der Waals surface area (Å²) in [5, 5.41) is 6.99. The van der Waals surface area contributed by atoms with E-state index in [1.54, 1.807) is 0 Å². The Balaban J connectivity index is 1.32. The Morgan fingerprint density at radius 2 is 1.93 bits per heavy atom. The third-order valence-corrected chi connectivity index (χ3v) is 4.88. The molecule has 1 aliphatic heterocycles. The van der Waals surface area contributed by atoms with Gasteiger partial charge in [0.1, 0.15) is 12.4 Å². The summed E-state index contributed by atoms with van der Waals surface area (Å²) >= 11 is 0. The Kier molecular flexibility index (Phi) is 5.53. The molecule has 0 bridgehead atoms. The van der Waals surface area contributed by atoms with Gasteiger partial charge in [0.25, 0.3) is 0 Å². The average molecular weight is 396 g/mol. The Morgan fingerprint density at radius 3 is 2.69 bits per heavy atom. The number of rotatable bonds is 6. The van der Waals surface area contributed by atoms with Crippen molar-refractivity contribution < 1.29 is 13.6 Å². The van der Waals surface area contributed by atoms with E-state index in [1.807, 2.05) is 18.2 Å². The average Bonchev–Trinajstić information content (AvgIpc) is 3.29. The zero-order valence-corrected chi connectivity index (χ0v) is 15.8. The number of likely N-dealkylation sites (tertiary alicyclic amines) is 1. The van der Waals surface area contributed by atoms with Crippen molar-refractivity contribution in [1.82, 2.24) is 20.0 Å². The fraction of sp³-hybridized carbons (Fsp3) is 0.286. The molecule has 0 saturated carbocycles. The molecule has 2 aromatic carbocycles. The van der Waals surface area contributed by atoms with Gasteiger partial charge < -0.3 is 9.73 Å². The van der Waals surface area contributed by atoms with Crippen LogP contribution in [0.1, 0.15) is 12.0 Å². The fourth-order valence-corrected chi connectivity index (χ4v) is 3.46. The summed E-state index contributed by atoms with van der Waals surface area (Å²) in [6, 6.07) is 15.7. The summed E-state index contributed by atoms with van der Waals surface area (Å²) in [4.78, 5) is 26.6. The molecule has 7 nitrogen and oxygen atoms in total. The third kappa shape index (κ3) is 4.78. The molecule has 8 heteroatoms. The van der Waals surface area contributed by atoms with Crippen molar-refractivity contribution in [2.45, 2.75) is 25.6 Å². The van der Waals surface area contributed by atoms with Crippen molar-refractivity contribution >= 4 is 5.91 Å². The van der Waals surface area contributed by atoms with Crippen LogP contribution in [0, 0.1) is 5.82 Å². The molecule has 1 aromatic heterocycles. The summed E-state index contributed by atoms with van der Waals surface area (Å²) in [6.45, 7) is 2.28. The third-order valence-electron chi connectivity index (χ3n) is 4.88. The smallest absolute Gasteiger partial charge is 0.388 e. The molecule has 3 aromatic rings. The Bertz CT molecular complexity index is 1030. The van der Waals surface area contributed by atoms with Gasteiger partial charge in [-0.1, -0.05) is 30.3 Å². The van der Waals surface area contributed by atoms with Crippen molar-refractivity contribution in [1.29, 1.82) is 0 Å². The highest BCUT2D eigenvalue weighted by atomic mass is 19.1. The van der Waals surface area contributed by atoms with E-state index in [2.05, 4.69) is 27.4 Å². The van der Waals surface area contributed by atoms with E-state index in [-0.39, 0.29) is 24.4 Å². The molecule has 4 rings (SSSR count). The number of benzene rings is 2. The maximum atomic E-state index is 13.0. The molecule has 150 valence electrons. The first-order valence-electron chi connectivity index (χ1n) is 9.46. The van der Waals surface area contributed by atoms with Crippen LogP contribution in [-0.2, 0) is 17.9 Å². The quantitative estimate of drug-likeness (QED) is 0.690. The van der Waals surface area contributed by atoms with Gasteiger partial charge in [-0.25, -0.2) is 9.18 Å². The summed E-state index contributed by atoms with van der Waals surface area (Å²) < 4.78 is 19.1. The molecule has 0 spiro atoms. The minimum Gasteiger partial charge on any atom is -0.388 e. The van der Waals surface area contributed by atoms with Crippen LogP contribution in [0.25, 0.3) is 11.5 Å². The molecule has 2 heterocycles. The molecule has 1 amide bonds. The van der Waals surface area contributed by atoms with Crippen LogP contribution < -0.4 is 11.1 Å². The highest BCUT2D eigenvalue weighted by Gasteiger charge is 2.24. The fourth-order valence-electron chi connectivity index (χ4n) is 3.46. The number of carbonyl (C=O) groups is 1. The van der Waals surface area contributed by atoms with Crippen molar-refractivity contribution in [3.05, 3.63) is 76.5 Å². The van der Waals surface area contributed by atoms with Gasteiger partial charge in [-0.3, -0.25) is 9.69 Å². The largest absolute Gasteiger partial charge is 0.437 e. The topological polar surface area (TPSA) is 80.4 Å². The summed E-state index contributed by atoms with van der Waals surface area (Å²) in [7, 11) is 0. The van der Waals surface area contributed by atoms with Gasteiger partial charge >= 0.3 is 5.76 Å². The van der Waals surface area contributed by atoms with Crippen molar-refractivity contribution in [3.8, 4) is 11.5 Å². The minimum atomic E-state index is -0.725. The number of amides is 1. The zero-order chi connectivity index (χ0) is 20.2. The maximum absolute atomic E-state index is 13.0. The first-order valence-corrected chi connectivity index (χ1v) is 9.46. The standard InChI is InChI=1S/C21H21FN4O3/c22-17-8-6-16(7-9-17)20-24-26(21(28)29-20)14-19(27)23-18-10-11-25(13-18)12-15-4-2-1-3-5-15/h1-9,18H,10-14H2,(H,23,27). The van der Waals surface area contributed by atoms with Crippen LogP contribution in [0.2, 0.25) is 0 Å². The molecule has 1 aliphatic rings. The van der Waals surface area contributed by atoms with Gasteiger partial charge in [0.05, 0.1) is 0 Å². The van der Waals surface area contributed by atoms with E-state index in [4.69, 9.17) is 4.42 Å². The highest BCUT2D eigenvalue weighted by molar-refractivity contribution is 5.76. The second kappa shape index (κ2) is 8.40. The van der Waals surface area contributed by atoms with E-state index < -0.39 is 11.6 Å². The molecule has 0 aliphatic carbocycles. The van der Waals surface area contributed by atoms with Crippen LogP contribution in [0.4, 0.5) is 4.39 Å². The van der Waals surface area contributed by atoms with Gasteiger partial charge in [-0.2, -0.15) is 4.68 Å². The zero-order valence-electron chi connectivity index (χ0n) is 15.8. The van der Waals surface area contributed by atoms with E-state index in [0.29, 0.717) is 5.56 Å². The SMILES string of the molecule is O=C(Cn1nc(-c2ccc(F)cc2)oc1=O)NC1CCN(Cc2ccccc2)C1. The van der Waals surface area contributed by atoms with Crippen molar-refractivity contribution in [3.63, 3.8) is 0 Å². The molecule has 1 atom stereocenters. The van der Waals surface area contributed by atoms with E-state index in [1.165, 1.54) is 29.8 Å². The van der Waals surface area contributed by atoms with Gasteiger partial charge in [-0.05, 0) is 36.2 Å². The number of hydrogen-bond donors (Lipinski definition) is 1. The lowest BCUT2D eigenvalue weighted by Gasteiger charge is -2.16. The highest BCUT2D eigenvalue weighted by Crippen LogP contribution is 2.16. The number of hydrogen-bond acceptors (Lipinski definition) is 5. The predicted molar refractivity (Wildman–Crippen MR) is 104 cm³/mol. The number of nitrogens with one attached hydrogen (secondary N) is 1. The molecule has 1 N–H and O–H groups in total. The molecule has 1 saturated heterocycles. The predicted octanol–water partition coefficient (Wildman–Crippen LogP) is 2.03. The van der Waals surface area contributed by atoms with Crippen LogP contribution in [-0.4, -0.2) is 39.7 Å². The maximum Gasteiger partial charge on any atom is 0.437 e. The van der Waals surface area contributed by atoms with Crippen molar-refractivity contribution in [2.24, 2.45) is 0 Å². The van der Waals surface area contributed by atoms with Crippen LogP contribution in [0.15, 0.2) is 63.8 Å². The molecule has 1 unspecified atom stereocenters. The van der Waals surface area contributed by atoms with Crippen molar-refractivity contribution in [2.75, 3.05) is 13.1 Å². The second-order valence-corrected chi connectivity index (χ2v) is 7.11. The Hall–Kier alpha value is -3.26. The molecular formula is C21H21FN4O3. The van der Waals surface area contributed by atoms with E-state index in [0.717, 1.165) is 30.7 Å². The van der Waals surface area contributed by atoms with Crippen LogP contribution in [0.5, 0.6) is 0 Å². The molecule has 29 heavy (non-hydrogen) atoms. The Labute approximate surface area is 166 Å². The summed E-state index contributed by atoms with van der Waals surface area (Å²) in [5.74, 6) is -1.36. The Morgan fingerprint density at radius 1 is 1.17 bits per heavy atom. The lowest BCUT2D eigenvalue weighted by Crippen LogP contribution is -2.40. The van der Waals surface area contributed by atoms with Crippen LogP contribution in [0.3, 0.4) is 0 Å². The van der Waals surface area contributed by atoms with Gasteiger partial charge in [-0.15, -0.1) is 5.10 Å². The first kappa shape index (κ1) is 19.1. The normalized spacial score (nSPS) is 16.8. The van der Waals surface area contributed by atoms with E-state index in [9.17, 15) is 14.0 Å². The number of aromatic nitrogens is 2. The van der Waals surface area contributed by atoms with Gasteiger partial charge in [0.15, 0.2) is 0 Å². The number of nitrogens with zero attached hydrogens (tertiary/aromatic N) is 3. The van der Waals surface area contributed by atoms with Gasteiger partial charge in [0.2, 0.25) is 11.8 Å². The monoisotopic (exact) mass is 396 g/mol. The molecule has 1 fully saturated rings. The number of carbonyl (C=O) groups excluding carboxylic acids is 1. The second-order valence-electron chi connectivity index (χ2n) is 7.11.